The number of carboxylic acids is 1. The number of carboxylic acid groups (broad SMARTS) is 1. The van der Waals surface area contributed by atoms with E-state index in [1.165, 1.54) is 6.92 Å². The summed E-state index contributed by atoms with van der Waals surface area (Å²) in [6, 6.07) is 5.28. The molecule has 0 amide bonds. The van der Waals surface area contributed by atoms with Gasteiger partial charge >= 0.3 is 11.9 Å². The SMILES string of the molecule is Cc1cccc2c1CC(C)(C(=O)O)OC2=O. The van der Waals surface area contributed by atoms with Crippen molar-refractivity contribution in [2.45, 2.75) is 25.9 Å². The van der Waals surface area contributed by atoms with Crippen LogP contribution < -0.4 is 0 Å². The van der Waals surface area contributed by atoms with Crippen molar-refractivity contribution in [1.82, 2.24) is 0 Å². The molecular weight excluding hydrogens is 208 g/mol. The normalized spacial score (nSPS) is 23.5. The highest BCUT2D eigenvalue weighted by Gasteiger charge is 2.43. The summed E-state index contributed by atoms with van der Waals surface area (Å²) in [6.45, 7) is 3.28. The van der Waals surface area contributed by atoms with Gasteiger partial charge < -0.3 is 9.84 Å². The number of aliphatic carboxylic acids is 1. The molecule has 0 spiro atoms. The van der Waals surface area contributed by atoms with Gasteiger partial charge in [0, 0.05) is 6.42 Å². The molecule has 0 saturated carbocycles. The molecule has 0 aliphatic carbocycles. The fraction of sp³-hybridized carbons (Fsp3) is 0.333. The van der Waals surface area contributed by atoms with E-state index in [9.17, 15) is 9.59 Å². The van der Waals surface area contributed by atoms with Gasteiger partial charge in [0.05, 0.1) is 5.56 Å². The van der Waals surface area contributed by atoms with Crippen molar-refractivity contribution in [2.24, 2.45) is 0 Å². The van der Waals surface area contributed by atoms with Crippen molar-refractivity contribution in [3.05, 3.63) is 34.9 Å². The van der Waals surface area contributed by atoms with Gasteiger partial charge in [-0.3, -0.25) is 0 Å². The minimum Gasteiger partial charge on any atom is -0.478 e. The van der Waals surface area contributed by atoms with E-state index in [1.807, 2.05) is 13.0 Å². The summed E-state index contributed by atoms with van der Waals surface area (Å²) in [4.78, 5) is 22.7. The largest absolute Gasteiger partial charge is 0.478 e. The monoisotopic (exact) mass is 220 g/mol. The molecule has 16 heavy (non-hydrogen) atoms. The third-order valence-corrected chi connectivity index (χ3v) is 2.91. The number of hydrogen-bond donors (Lipinski definition) is 1. The third kappa shape index (κ3) is 1.46. The topological polar surface area (TPSA) is 63.6 Å². The second kappa shape index (κ2) is 3.33. The van der Waals surface area contributed by atoms with Crippen molar-refractivity contribution in [2.75, 3.05) is 0 Å². The summed E-state index contributed by atoms with van der Waals surface area (Å²) in [5, 5.41) is 9.05. The molecule has 0 saturated heterocycles. The van der Waals surface area contributed by atoms with Gasteiger partial charge in [0.25, 0.3) is 0 Å². The zero-order chi connectivity index (χ0) is 11.9. The first-order valence-corrected chi connectivity index (χ1v) is 4.99. The Morgan fingerprint density at radius 2 is 2.19 bits per heavy atom. The predicted octanol–water partition coefficient (Wildman–Crippen LogP) is 1.55. The highest BCUT2D eigenvalue weighted by molar-refractivity contribution is 5.96. The Morgan fingerprint density at radius 1 is 1.50 bits per heavy atom. The summed E-state index contributed by atoms with van der Waals surface area (Å²) < 4.78 is 4.98. The van der Waals surface area contributed by atoms with Crippen LogP contribution in [0.5, 0.6) is 0 Å². The van der Waals surface area contributed by atoms with Crippen LogP contribution in [0.1, 0.15) is 28.4 Å². The molecule has 4 nitrogen and oxygen atoms in total. The average molecular weight is 220 g/mol. The molecule has 1 atom stereocenters. The zero-order valence-corrected chi connectivity index (χ0v) is 9.11. The molecule has 0 bridgehead atoms. The molecule has 4 heteroatoms. The van der Waals surface area contributed by atoms with Crippen molar-refractivity contribution in [3.8, 4) is 0 Å². The summed E-state index contributed by atoms with van der Waals surface area (Å²) in [5.74, 6) is -1.68. The summed E-state index contributed by atoms with van der Waals surface area (Å²) in [7, 11) is 0. The fourth-order valence-corrected chi connectivity index (χ4v) is 1.88. The van der Waals surface area contributed by atoms with E-state index in [0.717, 1.165) is 11.1 Å². The number of carbonyl (C=O) groups is 2. The van der Waals surface area contributed by atoms with Crippen molar-refractivity contribution >= 4 is 11.9 Å². The standard InChI is InChI=1S/C12H12O4/c1-7-4-3-5-8-9(7)6-12(2,11(14)15)16-10(8)13/h3-5H,6H2,1-2H3,(H,14,15). The van der Waals surface area contributed by atoms with Crippen LogP contribution in [0, 0.1) is 6.92 Å². The van der Waals surface area contributed by atoms with Crippen LogP contribution in [0.2, 0.25) is 0 Å². The molecule has 1 aromatic carbocycles. The lowest BCUT2D eigenvalue weighted by Gasteiger charge is -2.31. The molecule has 1 heterocycles. The van der Waals surface area contributed by atoms with Gasteiger partial charge in [-0.1, -0.05) is 12.1 Å². The highest BCUT2D eigenvalue weighted by Crippen LogP contribution is 2.30. The Kier molecular flexibility index (Phi) is 2.22. The molecule has 1 aliphatic rings. The maximum atomic E-state index is 11.7. The quantitative estimate of drug-likeness (QED) is 0.729. The maximum Gasteiger partial charge on any atom is 0.348 e. The fourth-order valence-electron chi connectivity index (χ4n) is 1.88. The van der Waals surface area contributed by atoms with Gasteiger partial charge in [-0.05, 0) is 31.0 Å². The van der Waals surface area contributed by atoms with E-state index in [4.69, 9.17) is 9.84 Å². The molecule has 2 rings (SSSR count). The first-order chi connectivity index (χ1) is 7.44. The number of rotatable bonds is 1. The number of fused-ring (bicyclic) bond motifs is 1. The Balaban J connectivity index is 2.54. The van der Waals surface area contributed by atoms with Gasteiger partial charge in [-0.2, -0.15) is 0 Å². The second-order valence-electron chi connectivity index (χ2n) is 4.20. The Morgan fingerprint density at radius 3 is 2.81 bits per heavy atom. The molecule has 1 unspecified atom stereocenters. The number of cyclic esters (lactones) is 1. The van der Waals surface area contributed by atoms with E-state index >= 15 is 0 Å². The number of hydrogen-bond acceptors (Lipinski definition) is 3. The highest BCUT2D eigenvalue weighted by atomic mass is 16.6. The number of benzene rings is 1. The Hall–Kier alpha value is -1.84. The summed E-state index contributed by atoms with van der Waals surface area (Å²) >= 11 is 0. The van der Waals surface area contributed by atoms with Crippen LogP contribution in [0.4, 0.5) is 0 Å². The van der Waals surface area contributed by atoms with E-state index in [0.29, 0.717) is 5.56 Å². The van der Waals surface area contributed by atoms with E-state index in [-0.39, 0.29) is 6.42 Å². The number of aryl methyl sites for hydroxylation is 1. The van der Waals surface area contributed by atoms with Crippen molar-refractivity contribution in [1.29, 1.82) is 0 Å². The van der Waals surface area contributed by atoms with E-state index in [2.05, 4.69) is 0 Å². The Bertz CT molecular complexity index is 478. The minimum atomic E-state index is -1.45. The first-order valence-electron chi connectivity index (χ1n) is 4.99. The lowest BCUT2D eigenvalue weighted by molar-refractivity contribution is -0.158. The van der Waals surface area contributed by atoms with Gasteiger partial charge in [-0.25, -0.2) is 9.59 Å². The Labute approximate surface area is 92.8 Å². The van der Waals surface area contributed by atoms with Crippen molar-refractivity contribution < 1.29 is 19.4 Å². The van der Waals surface area contributed by atoms with E-state index < -0.39 is 17.5 Å². The van der Waals surface area contributed by atoms with Crippen LogP contribution in [0.15, 0.2) is 18.2 Å². The molecule has 0 radical (unpaired) electrons. The first kappa shape index (κ1) is 10.7. The molecule has 1 aliphatic heterocycles. The summed E-state index contributed by atoms with van der Waals surface area (Å²) in [5.41, 5.74) is 0.708. The molecule has 84 valence electrons. The van der Waals surface area contributed by atoms with Crippen LogP contribution in [-0.4, -0.2) is 22.6 Å². The average Bonchev–Trinajstić information content (AvgIpc) is 2.19. The number of esters is 1. The number of carbonyl (C=O) groups excluding carboxylic acids is 1. The minimum absolute atomic E-state index is 0.218. The summed E-state index contributed by atoms with van der Waals surface area (Å²) in [6.07, 6.45) is 0.218. The lowest BCUT2D eigenvalue weighted by atomic mass is 9.87. The second-order valence-corrected chi connectivity index (χ2v) is 4.20. The molecular formula is C12H12O4. The van der Waals surface area contributed by atoms with Crippen LogP contribution in [0.3, 0.4) is 0 Å². The molecule has 0 fully saturated rings. The molecule has 1 aromatic rings. The molecule has 1 N–H and O–H groups in total. The third-order valence-electron chi connectivity index (χ3n) is 2.91. The van der Waals surface area contributed by atoms with Gasteiger partial charge in [0.1, 0.15) is 0 Å². The van der Waals surface area contributed by atoms with E-state index in [1.54, 1.807) is 12.1 Å². The molecule has 0 aromatic heterocycles. The van der Waals surface area contributed by atoms with Crippen LogP contribution in [-0.2, 0) is 16.0 Å². The number of ether oxygens (including phenoxy) is 1. The van der Waals surface area contributed by atoms with Crippen molar-refractivity contribution in [3.63, 3.8) is 0 Å². The van der Waals surface area contributed by atoms with Gasteiger partial charge in [0.2, 0.25) is 5.60 Å². The van der Waals surface area contributed by atoms with Crippen LogP contribution in [0.25, 0.3) is 0 Å². The van der Waals surface area contributed by atoms with Gasteiger partial charge in [0.15, 0.2) is 0 Å². The van der Waals surface area contributed by atoms with Gasteiger partial charge in [-0.15, -0.1) is 0 Å². The smallest absolute Gasteiger partial charge is 0.348 e. The maximum absolute atomic E-state index is 11.7. The predicted molar refractivity (Wildman–Crippen MR) is 56.3 cm³/mol. The van der Waals surface area contributed by atoms with Crippen LogP contribution >= 0.6 is 0 Å². The zero-order valence-electron chi connectivity index (χ0n) is 9.11. The lowest BCUT2D eigenvalue weighted by Crippen LogP contribution is -2.46.